The van der Waals surface area contributed by atoms with E-state index in [1.807, 2.05) is 37.4 Å². The topological polar surface area (TPSA) is 108 Å². The van der Waals surface area contributed by atoms with Crippen molar-refractivity contribution in [1.29, 1.82) is 0 Å². The quantitative estimate of drug-likeness (QED) is 0.352. The van der Waals surface area contributed by atoms with Crippen LogP contribution in [-0.4, -0.2) is 44.5 Å². The minimum atomic E-state index is -0.250. The number of pyridine rings is 1. The molecule has 0 amide bonds. The summed E-state index contributed by atoms with van der Waals surface area (Å²) in [6, 6.07) is 7.95. The van der Waals surface area contributed by atoms with E-state index < -0.39 is 0 Å². The molecule has 5 rings (SSSR count). The molecule has 1 N–H and O–H groups in total. The van der Waals surface area contributed by atoms with Crippen molar-refractivity contribution in [3.63, 3.8) is 0 Å². The first-order valence-corrected chi connectivity index (χ1v) is 10.8. The summed E-state index contributed by atoms with van der Waals surface area (Å²) in [5.74, 6) is 1.75. The van der Waals surface area contributed by atoms with Gasteiger partial charge in [0.15, 0.2) is 5.69 Å². The second-order valence-corrected chi connectivity index (χ2v) is 8.08. The molecule has 9 heteroatoms. The number of fused-ring (bicyclic) bond motifs is 3. The number of hydrogen-bond acceptors (Lipinski definition) is 6. The minimum absolute atomic E-state index is 0.250. The van der Waals surface area contributed by atoms with Gasteiger partial charge in [-0.25, -0.2) is 9.83 Å². The van der Waals surface area contributed by atoms with E-state index in [1.54, 1.807) is 7.11 Å². The fraction of sp³-hybridized carbons (Fsp3) is 0.375. The molecule has 1 aliphatic carbocycles. The van der Waals surface area contributed by atoms with Crippen molar-refractivity contribution in [3.8, 4) is 0 Å². The van der Waals surface area contributed by atoms with Crippen LogP contribution in [0.2, 0.25) is 0 Å². The van der Waals surface area contributed by atoms with Gasteiger partial charge in [-0.2, -0.15) is 0 Å². The van der Waals surface area contributed by atoms with Gasteiger partial charge < -0.3 is 18.9 Å². The van der Waals surface area contributed by atoms with E-state index in [0.717, 1.165) is 64.9 Å². The van der Waals surface area contributed by atoms with Gasteiger partial charge in [-0.15, -0.1) is 0 Å². The largest absolute Gasteiger partial charge is 0.483 e. The number of hydrogen-bond donors (Lipinski definition) is 1. The van der Waals surface area contributed by atoms with Crippen LogP contribution in [0.4, 0.5) is 5.69 Å². The van der Waals surface area contributed by atoms with Gasteiger partial charge in [0.1, 0.15) is 17.1 Å². The second-order valence-electron chi connectivity index (χ2n) is 8.08. The molecule has 0 radical (unpaired) electrons. The molecule has 0 spiro atoms. The predicted molar refractivity (Wildman–Crippen MR) is 122 cm³/mol. The van der Waals surface area contributed by atoms with Crippen LogP contribution in [0.25, 0.3) is 26.8 Å². The lowest BCUT2D eigenvalue weighted by atomic mass is 9.92. The zero-order valence-electron chi connectivity index (χ0n) is 18.6. The Morgan fingerprint density at radius 2 is 2.03 bits per heavy atom. The highest BCUT2D eigenvalue weighted by Crippen LogP contribution is 2.37. The van der Waals surface area contributed by atoms with Crippen LogP contribution >= 0.6 is 0 Å². The molecular formula is C24H25N5O4. The van der Waals surface area contributed by atoms with E-state index in [1.165, 1.54) is 0 Å². The third kappa shape index (κ3) is 4.56. The molecule has 1 fully saturated rings. The van der Waals surface area contributed by atoms with Crippen LogP contribution in [-0.2, 0) is 16.0 Å². The Labute approximate surface area is 190 Å². The molecule has 3 aromatic heterocycles. The Hall–Kier alpha value is -3.77. The van der Waals surface area contributed by atoms with Gasteiger partial charge in [0.25, 0.3) is 6.47 Å². The Balaban J connectivity index is 0.000000821. The lowest BCUT2D eigenvalue weighted by Gasteiger charge is -2.30. The average Bonchev–Trinajstić information content (AvgIpc) is 3.42. The number of carbonyl (C=O) groups is 1. The van der Waals surface area contributed by atoms with Gasteiger partial charge in [-0.05, 0) is 44.7 Å². The van der Waals surface area contributed by atoms with Crippen molar-refractivity contribution in [2.24, 2.45) is 0 Å². The summed E-state index contributed by atoms with van der Waals surface area (Å²) in [6.45, 7) is 9.07. The molecule has 0 atom stereocenters. The highest BCUT2D eigenvalue weighted by atomic mass is 16.5. The summed E-state index contributed by atoms with van der Waals surface area (Å²) < 4.78 is 13.2. The third-order valence-electron chi connectivity index (χ3n) is 6.06. The summed E-state index contributed by atoms with van der Waals surface area (Å²) in [7, 11) is 1.79. The Morgan fingerprint density at radius 1 is 1.27 bits per heavy atom. The zero-order chi connectivity index (χ0) is 23.4. The van der Waals surface area contributed by atoms with Crippen molar-refractivity contribution in [3.05, 3.63) is 59.2 Å². The van der Waals surface area contributed by atoms with Crippen molar-refractivity contribution in [2.45, 2.75) is 51.2 Å². The zero-order valence-corrected chi connectivity index (χ0v) is 18.6. The van der Waals surface area contributed by atoms with Crippen LogP contribution in [0.1, 0.15) is 49.0 Å². The maximum atomic E-state index is 8.36. The molecule has 0 unspecified atom stereocenters. The number of ether oxygens (including phenoxy) is 1. The molecule has 0 bridgehead atoms. The van der Waals surface area contributed by atoms with Crippen LogP contribution < -0.4 is 0 Å². The predicted octanol–water partition coefficient (Wildman–Crippen LogP) is 4.85. The van der Waals surface area contributed by atoms with Gasteiger partial charge >= 0.3 is 0 Å². The molecule has 3 heterocycles. The summed E-state index contributed by atoms with van der Waals surface area (Å²) in [4.78, 5) is 21.5. The highest BCUT2D eigenvalue weighted by Gasteiger charge is 2.27. The molecule has 1 aliphatic rings. The van der Waals surface area contributed by atoms with Gasteiger partial charge in [-0.3, -0.25) is 9.78 Å². The second kappa shape index (κ2) is 9.79. The Morgan fingerprint density at radius 3 is 2.67 bits per heavy atom. The van der Waals surface area contributed by atoms with Crippen molar-refractivity contribution in [2.75, 3.05) is 7.11 Å². The van der Waals surface area contributed by atoms with Crippen molar-refractivity contribution in [1.82, 2.24) is 19.7 Å². The van der Waals surface area contributed by atoms with Gasteiger partial charge in [0.2, 0.25) is 0 Å². The Bertz CT molecular complexity index is 1310. The van der Waals surface area contributed by atoms with Gasteiger partial charge in [0.05, 0.1) is 42.0 Å². The first-order valence-electron chi connectivity index (χ1n) is 10.8. The number of nitrogens with zero attached hydrogens (tertiary/aromatic N) is 5. The standard InChI is InChI=1S/C23H23N5O2.CH2O2/c1-14-10-16(27-30-14)12-22-26-21-13-25-20-9-4-15(24-2)11-19(20)23(21)28(22)17-5-7-18(29-3)8-6-17;2-1-3/h4,9-11,13,17-18H,5-8,12H2,1,3H3;1H,(H,2,3). The highest BCUT2D eigenvalue weighted by molar-refractivity contribution is 6.03. The molecule has 4 aromatic rings. The molecule has 0 aliphatic heterocycles. The summed E-state index contributed by atoms with van der Waals surface area (Å²) in [6.07, 6.45) is 6.87. The SMILES string of the molecule is O=CO.[C-]#[N+]c1ccc2ncc3nc(Cc4cc(C)on4)n(C4CCC(OC)CC4)c3c2c1. The van der Waals surface area contributed by atoms with E-state index in [0.29, 0.717) is 24.3 Å². The van der Waals surface area contributed by atoms with E-state index in [2.05, 4.69) is 19.6 Å². The molecule has 33 heavy (non-hydrogen) atoms. The fourth-order valence-electron chi connectivity index (χ4n) is 4.60. The molecule has 9 nitrogen and oxygen atoms in total. The average molecular weight is 447 g/mol. The molecule has 1 aromatic carbocycles. The smallest absolute Gasteiger partial charge is 0.290 e. The van der Waals surface area contributed by atoms with E-state index >= 15 is 0 Å². The fourth-order valence-corrected chi connectivity index (χ4v) is 4.60. The maximum absolute atomic E-state index is 8.36. The number of methoxy groups -OCH3 is 1. The molecule has 170 valence electrons. The van der Waals surface area contributed by atoms with Gasteiger partial charge in [0, 0.05) is 24.6 Å². The van der Waals surface area contributed by atoms with Crippen molar-refractivity contribution >= 4 is 34.1 Å². The molecular weight excluding hydrogens is 422 g/mol. The van der Waals surface area contributed by atoms with E-state index in [9.17, 15) is 0 Å². The maximum Gasteiger partial charge on any atom is 0.290 e. The van der Waals surface area contributed by atoms with Crippen LogP contribution in [0, 0.1) is 13.5 Å². The lowest BCUT2D eigenvalue weighted by Crippen LogP contribution is -2.24. The number of carboxylic acid groups (broad SMARTS) is 1. The lowest BCUT2D eigenvalue weighted by molar-refractivity contribution is -0.122. The number of imidazole rings is 1. The summed E-state index contributed by atoms with van der Waals surface area (Å²) >= 11 is 0. The van der Waals surface area contributed by atoms with Crippen LogP contribution in [0.15, 0.2) is 35.0 Å². The number of rotatable bonds is 4. The molecule has 1 saturated carbocycles. The summed E-state index contributed by atoms with van der Waals surface area (Å²) in [5.41, 5.74) is 4.27. The first-order chi connectivity index (χ1) is 16.1. The van der Waals surface area contributed by atoms with E-state index in [-0.39, 0.29) is 6.47 Å². The van der Waals surface area contributed by atoms with E-state index in [4.69, 9.17) is 30.7 Å². The number of benzene rings is 1. The first kappa shape index (κ1) is 22.4. The van der Waals surface area contributed by atoms with Crippen LogP contribution in [0.5, 0.6) is 0 Å². The normalized spacial score (nSPS) is 18.0. The van der Waals surface area contributed by atoms with Gasteiger partial charge in [-0.1, -0.05) is 11.2 Å². The monoisotopic (exact) mass is 447 g/mol. The Kier molecular flexibility index (Phi) is 6.66. The number of aromatic nitrogens is 4. The van der Waals surface area contributed by atoms with Crippen molar-refractivity contribution < 1.29 is 19.2 Å². The minimum Gasteiger partial charge on any atom is -0.483 e. The third-order valence-corrected chi connectivity index (χ3v) is 6.06. The number of aryl methyl sites for hydroxylation is 1. The summed E-state index contributed by atoms with van der Waals surface area (Å²) in [5, 5.41) is 12.0. The van der Waals surface area contributed by atoms with Crippen LogP contribution in [0.3, 0.4) is 0 Å². The molecule has 0 saturated heterocycles.